The van der Waals surface area contributed by atoms with E-state index in [1.54, 1.807) is 6.07 Å². The highest BCUT2D eigenvalue weighted by Gasteiger charge is 2.27. The highest BCUT2D eigenvalue weighted by Crippen LogP contribution is 2.31. The first-order chi connectivity index (χ1) is 14.4. The van der Waals surface area contributed by atoms with E-state index in [0.717, 1.165) is 25.7 Å². The minimum Gasteiger partial charge on any atom is -0.507 e. The normalized spacial score (nSPS) is 21.0. The number of hydrogen-bond acceptors (Lipinski definition) is 5. The number of nitrogens with zero attached hydrogens (tertiary/aromatic N) is 1. The van der Waals surface area contributed by atoms with Gasteiger partial charge in [0.05, 0.1) is 11.7 Å². The molecule has 162 valence electrons. The van der Waals surface area contributed by atoms with Gasteiger partial charge in [-0.3, -0.25) is 4.79 Å². The number of aliphatic hydroxyl groups is 1. The first-order valence-electron chi connectivity index (χ1n) is 10.7. The molecule has 2 atom stereocenters. The first kappa shape index (κ1) is 22.1. The quantitative estimate of drug-likeness (QED) is 0.535. The zero-order valence-electron chi connectivity index (χ0n) is 17.8. The number of primary amides is 1. The molecular formula is C24H33N3O3. The van der Waals surface area contributed by atoms with E-state index >= 15 is 0 Å². The lowest BCUT2D eigenvalue weighted by Crippen LogP contribution is -2.41. The van der Waals surface area contributed by atoms with Gasteiger partial charge in [0.1, 0.15) is 5.75 Å². The second-order valence-corrected chi connectivity index (χ2v) is 8.37. The standard InChI is InChI=1S/C24H33N3O3/c1-16(26-15-23(29)18-10-13-22(28)21(14-18)24(25)30)17-8-11-20(12-9-17)27(2)19-6-4-3-5-7-19/h3-7,10,13-14,16-17,20,23,26,28-29H,8-9,11-12,15H2,1-2H3,(H2,25,30). The molecule has 1 aliphatic carbocycles. The number of anilines is 1. The number of nitrogens with one attached hydrogen (secondary N) is 1. The van der Waals surface area contributed by atoms with Crippen LogP contribution in [-0.4, -0.2) is 41.8 Å². The third-order valence-electron chi connectivity index (χ3n) is 6.46. The van der Waals surface area contributed by atoms with E-state index in [1.165, 1.54) is 17.8 Å². The smallest absolute Gasteiger partial charge is 0.252 e. The zero-order chi connectivity index (χ0) is 21.7. The number of hydrogen-bond donors (Lipinski definition) is 4. The minimum absolute atomic E-state index is 0.0282. The fraction of sp³-hybridized carbons (Fsp3) is 0.458. The summed E-state index contributed by atoms with van der Waals surface area (Å²) >= 11 is 0. The molecule has 0 aliphatic heterocycles. The monoisotopic (exact) mass is 411 g/mol. The molecule has 3 rings (SSSR count). The lowest BCUT2D eigenvalue weighted by atomic mass is 9.81. The average molecular weight is 412 g/mol. The number of carbonyl (C=O) groups excluding carboxylic acids is 1. The molecule has 1 amide bonds. The third kappa shape index (κ3) is 5.32. The summed E-state index contributed by atoms with van der Waals surface area (Å²) in [5, 5.41) is 23.7. The Balaban J connectivity index is 1.48. The average Bonchev–Trinajstić information content (AvgIpc) is 2.77. The molecule has 0 radical (unpaired) electrons. The van der Waals surface area contributed by atoms with Crippen LogP contribution in [0.4, 0.5) is 5.69 Å². The van der Waals surface area contributed by atoms with Gasteiger partial charge in [-0.25, -0.2) is 0 Å². The molecule has 1 aliphatic rings. The van der Waals surface area contributed by atoms with Crippen LogP contribution < -0.4 is 16.0 Å². The van der Waals surface area contributed by atoms with E-state index in [2.05, 4.69) is 48.5 Å². The molecule has 30 heavy (non-hydrogen) atoms. The first-order valence-corrected chi connectivity index (χ1v) is 10.7. The van der Waals surface area contributed by atoms with Crippen molar-refractivity contribution < 1.29 is 15.0 Å². The van der Waals surface area contributed by atoms with E-state index in [0.29, 0.717) is 24.1 Å². The summed E-state index contributed by atoms with van der Waals surface area (Å²) in [5.41, 5.74) is 7.13. The number of amides is 1. The van der Waals surface area contributed by atoms with Gasteiger partial charge in [-0.15, -0.1) is 0 Å². The molecule has 0 bridgehead atoms. The van der Waals surface area contributed by atoms with Crippen LogP contribution in [0.5, 0.6) is 5.75 Å². The Bertz CT molecular complexity index is 835. The number of para-hydroxylation sites is 1. The predicted octanol–water partition coefficient (Wildman–Crippen LogP) is 3.20. The maximum absolute atomic E-state index is 11.4. The van der Waals surface area contributed by atoms with Gasteiger partial charge in [-0.1, -0.05) is 24.3 Å². The molecule has 0 saturated heterocycles. The van der Waals surface area contributed by atoms with Crippen molar-refractivity contribution in [1.29, 1.82) is 0 Å². The Labute approximate surface area is 178 Å². The summed E-state index contributed by atoms with van der Waals surface area (Å²) in [6.07, 6.45) is 3.84. The van der Waals surface area contributed by atoms with E-state index in [-0.39, 0.29) is 17.4 Å². The molecule has 5 N–H and O–H groups in total. The molecule has 0 aromatic heterocycles. The van der Waals surface area contributed by atoms with Gasteiger partial charge in [-0.2, -0.15) is 0 Å². The van der Waals surface area contributed by atoms with Crippen LogP contribution in [-0.2, 0) is 0 Å². The van der Waals surface area contributed by atoms with Crippen LogP contribution in [0.15, 0.2) is 48.5 Å². The van der Waals surface area contributed by atoms with Gasteiger partial charge >= 0.3 is 0 Å². The Morgan fingerprint density at radius 1 is 1.17 bits per heavy atom. The maximum Gasteiger partial charge on any atom is 0.252 e. The number of carbonyl (C=O) groups is 1. The molecule has 2 unspecified atom stereocenters. The van der Waals surface area contributed by atoms with Gasteiger partial charge in [0.2, 0.25) is 0 Å². The Morgan fingerprint density at radius 3 is 2.47 bits per heavy atom. The Hall–Kier alpha value is -2.57. The third-order valence-corrected chi connectivity index (χ3v) is 6.46. The van der Waals surface area contributed by atoms with Gasteiger partial charge < -0.3 is 26.2 Å². The highest BCUT2D eigenvalue weighted by atomic mass is 16.3. The van der Waals surface area contributed by atoms with Crippen molar-refractivity contribution in [2.75, 3.05) is 18.5 Å². The van der Waals surface area contributed by atoms with Crippen molar-refractivity contribution in [3.63, 3.8) is 0 Å². The molecular weight excluding hydrogens is 378 g/mol. The summed E-state index contributed by atoms with van der Waals surface area (Å²) in [4.78, 5) is 13.8. The molecule has 0 heterocycles. The minimum atomic E-state index is -0.772. The number of benzene rings is 2. The molecule has 6 nitrogen and oxygen atoms in total. The van der Waals surface area contributed by atoms with E-state index in [4.69, 9.17) is 5.73 Å². The van der Waals surface area contributed by atoms with E-state index < -0.39 is 12.0 Å². The molecule has 0 spiro atoms. The summed E-state index contributed by atoms with van der Waals surface area (Å²) < 4.78 is 0. The van der Waals surface area contributed by atoms with Crippen LogP contribution in [0.3, 0.4) is 0 Å². The second-order valence-electron chi connectivity index (χ2n) is 8.37. The van der Waals surface area contributed by atoms with Gasteiger partial charge in [0, 0.05) is 31.4 Å². The molecule has 2 aromatic rings. The number of aromatic hydroxyl groups is 1. The summed E-state index contributed by atoms with van der Waals surface area (Å²) in [6.45, 7) is 2.55. The number of phenols is 1. The fourth-order valence-electron chi connectivity index (χ4n) is 4.40. The van der Waals surface area contributed by atoms with Crippen molar-refractivity contribution in [3.05, 3.63) is 59.7 Å². The molecule has 2 aromatic carbocycles. The number of nitrogens with two attached hydrogens (primary N) is 1. The summed E-state index contributed by atoms with van der Waals surface area (Å²) in [7, 11) is 2.18. The zero-order valence-corrected chi connectivity index (χ0v) is 17.8. The SMILES string of the molecule is CC(NCC(O)c1ccc(O)c(C(N)=O)c1)C1CCC(N(C)c2ccccc2)CC1. The van der Waals surface area contributed by atoms with Crippen molar-refractivity contribution in [2.45, 2.75) is 50.8 Å². The van der Waals surface area contributed by atoms with Gasteiger partial charge in [0.25, 0.3) is 5.91 Å². The van der Waals surface area contributed by atoms with Gasteiger partial charge in [0.15, 0.2) is 0 Å². The van der Waals surface area contributed by atoms with Gasteiger partial charge in [-0.05, 0) is 68.4 Å². The number of aliphatic hydroxyl groups excluding tert-OH is 1. The maximum atomic E-state index is 11.4. The fourth-order valence-corrected chi connectivity index (χ4v) is 4.40. The van der Waals surface area contributed by atoms with Crippen molar-refractivity contribution in [1.82, 2.24) is 5.32 Å². The summed E-state index contributed by atoms with van der Waals surface area (Å²) in [6, 6.07) is 15.8. The van der Waals surface area contributed by atoms with E-state index in [1.807, 2.05) is 6.07 Å². The molecule has 1 fully saturated rings. The lowest BCUT2D eigenvalue weighted by molar-refractivity contribution is 0.0997. The lowest BCUT2D eigenvalue weighted by Gasteiger charge is -2.38. The molecule has 1 saturated carbocycles. The largest absolute Gasteiger partial charge is 0.507 e. The van der Waals surface area contributed by atoms with Crippen molar-refractivity contribution in [3.8, 4) is 5.75 Å². The van der Waals surface area contributed by atoms with Crippen LogP contribution in [0.25, 0.3) is 0 Å². The van der Waals surface area contributed by atoms with Crippen molar-refractivity contribution in [2.24, 2.45) is 11.7 Å². The Morgan fingerprint density at radius 2 is 1.83 bits per heavy atom. The number of rotatable bonds is 8. The van der Waals surface area contributed by atoms with Crippen LogP contribution in [0.1, 0.15) is 54.6 Å². The van der Waals surface area contributed by atoms with Crippen LogP contribution in [0, 0.1) is 5.92 Å². The van der Waals surface area contributed by atoms with Crippen LogP contribution >= 0.6 is 0 Å². The predicted molar refractivity (Wildman–Crippen MR) is 120 cm³/mol. The Kier molecular flexibility index (Phi) is 7.34. The highest BCUT2D eigenvalue weighted by molar-refractivity contribution is 5.95. The van der Waals surface area contributed by atoms with E-state index in [9.17, 15) is 15.0 Å². The van der Waals surface area contributed by atoms with Crippen LogP contribution in [0.2, 0.25) is 0 Å². The molecule has 6 heteroatoms. The van der Waals surface area contributed by atoms with Crippen molar-refractivity contribution >= 4 is 11.6 Å². The summed E-state index contributed by atoms with van der Waals surface area (Å²) in [5.74, 6) is -0.310. The second kappa shape index (κ2) is 9.96. The topological polar surface area (TPSA) is 98.8 Å².